The van der Waals surface area contributed by atoms with Crippen LogP contribution in [0.1, 0.15) is 37.0 Å². The fourth-order valence-electron chi connectivity index (χ4n) is 2.62. The number of nitrogens with one attached hydrogen (secondary N) is 2. The third kappa shape index (κ3) is 3.51. The summed E-state index contributed by atoms with van der Waals surface area (Å²) in [5, 5.41) is 16.7. The van der Waals surface area contributed by atoms with Gasteiger partial charge in [0.15, 0.2) is 0 Å². The lowest BCUT2D eigenvalue weighted by atomic mass is 9.93. The van der Waals surface area contributed by atoms with E-state index < -0.39 is 10.8 Å². The second-order valence-corrected chi connectivity index (χ2v) is 5.83. The van der Waals surface area contributed by atoms with E-state index in [0.29, 0.717) is 19.4 Å². The van der Waals surface area contributed by atoms with Crippen molar-refractivity contribution in [3.63, 3.8) is 0 Å². The number of carbonyl (C=O) groups is 1. The topological polar surface area (TPSA) is 106 Å². The molecule has 2 heterocycles. The minimum absolute atomic E-state index is 0.00801. The van der Waals surface area contributed by atoms with Crippen molar-refractivity contribution in [1.82, 2.24) is 10.3 Å². The molecule has 8 heteroatoms. The molecule has 1 saturated heterocycles. The number of carbonyl (C=O) groups excluding carboxylic acids is 1. The highest BCUT2D eigenvalue weighted by molar-refractivity contribution is 6.00. The maximum atomic E-state index is 12.4. The molecule has 22 heavy (non-hydrogen) atoms. The number of nitro groups is 1. The highest BCUT2D eigenvalue weighted by Crippen LogP contribution is 2.27. The molecule has 1 aliphatic heterocycles. The third-order valence-corrected chi connectivity index (χ3v) is 3.62. The molecule has 0 spiro atoms. The molecule has 0 saturated carbocycles. The zero-order valence-corrected chi connectivity index (χ0v) is 12.9. The first-order chi connectivity index (χ1) is 10.3. The van der Waals surface area contributed by atoms with Gasteiger partial charge >= 0.3 is 5.69 Å². The van der Waals surface area contributed by atoms with Crippen LogP contribution in [0.3, 0.4) is 0 Å². The number of pyridine rings is 1. The van der Waals surface area contributed by atoms with E-state index in [1.54, 1.807) is 0 Å². The first kappa shape index (κ1) is 16.2. The van der Waals surface area contributed by atoms with Crippen molar-refractivity contribution < 1.29 is 14.5 Å². The van der Waals surface area contributed by atoms with Crippen molar-refractivity contribution >= 4 is 17.4 Å². The van der Waals surface area contributed by atoms with E-state index in [9.17, 15) is 14.9 Å². The average Bonchev–Trinajstić information content (AvgIpc) is 2.45. The van der Waals surface area contributed by atoms with E-state index in [-0.39, 0.29) is 28.7 Å². The molecule has 1 unspecified atom stereocenters. The first-order valence-corrected chi connectivity index (χ1v) is 7.10. The van der Waals surface area contributed by atoms with E-state index in [2.05, 4.69) is 15.6 Å². The number of ether oxygens (including phenoxy) is 1. The fraction of sp³-hybridized carbons (Fsp3) is 0.571. The largest absolute Gasteiger partial charge is 0.375 e. The summed E-state index contributed by atoms with van der Waals surface area (Å²) >= 11 is 0. The van der Waals surface area contributed by atoms with Crippen molar-refractivity contribution in [1.29, 1.82) is 0 Å². The molecule has 120 valence electrons. The number of hydrogen-bond donors (Lipinski definition) is 2. The van der Waals surface area contributed by atoms with Crippen LogP contribution in [0.25, 0.3) is 0 Å². The van der Waals surface area contributed by atoms with Gasteiger partial charge in [0.1, 0.15) is 5.56 Å². The molecule has 0 aliphatic carbocycles. The lowest BCUT2D eigenvalue weighted by Crippen LogP contribution is -2.45. The molecule has 0 radical (unpaired) electrons. The normalized spacial score (nSPS) is 20.2. The Morgan fingerprint density at radius 3 is 2.86 bits per heavy atom. The van der Waals surface area contributed by atoms with Crippen molar-refractivity contribution in [3.8, 4) is 0 Å². The molecule has 1 aromatic heterocycles. The predicted octanol–water partition coefficient (Wildman–Crippen LogP) is 1.72. The van der Waals surface area contributed by atoms with E-state index in [4.69, 9.17) is 4.74 Å². The van der Waals surface area contributed by atoms with Crippen LogP contribution in [0.5, 0.6) is 0 Å². The highest BCUT2D eigenvalue weighted by Gasteiger charge is 2.32. The second kappa shape index (κ2) is 6.27. The van der Waals surface area contributed by atoms with Crippen LogP contribution in [0, 0.1) is 10.1 Å². The summed E-state index contributed by atoms with van der Waals surface area (Å²) in [6, 6.07) is 1.29. The smallest absolute Gasteiger partial charge is 0.324 e. The lowest BCUT2D eigenvalue weighted by molar-refractivity contribution is -0.384. The minimum Gasteiger partial charge on any atom is -0.375 e. The zero-order valence-electron chi connectivity index (χ0n) is 12.9. The van der Waals surface area contributed by atoms with Crippen LogP contribution in [0.4, 0.5) is 11.5 Å². The van der Waals surface area contributed by atoms with Crippen molar-refractivity contribution in [2.45, 2.75) is 38.3 Å². The first-order valence-electron chi connectivity index (χ1n) is 7.10. The Labute approximate surface area is 128 Å². The van der Waals surface area contributed by atoms with Crippen LogP contribution in [0.15, 0.2) is 12.3 Å². The molecule has 1 fully saturated rings. The van der Waals surface area contributed by atoms with Crippen LogP contribution >= 0.6 is 0 Å². The Bertz CT molecular complexity index is 588. The molecular formula is C14H20N4O4. The van der Waals surface area contributed by atoms with Gasteiger partial charge in [0.2, 0.25) is 5.82 Å². The minimum atomic E-state index is -0.596. The summed E-state index contributed by atoms with van der Waals surface area (Å²) in [5.41, 5.74) is -0.612. The van der Waals surface area contributed by atoms with Crippen LogP contribution < -0.4 is 10.6 Å². The van der Waals surface area contributed by atoms with Gasteiger partial charge in [0, 0.05) is 25.9 Å². The molecule has 1 aliphatic rings. The van der Waals surface area contributed by atoms with Crippen LogP contribution in [-0.4, -0.2) is 41.1 Å². The number of rotatable bonds is 4. The molecule has 1 atom stereocenters. The Morgan fingerprint density at radius 1 is 1.55 bits per heavy atom. The summed E-state index contributed by atoms with van der Waals surface area (Å²) in [6.07, 6.45) is 2.73. The molecule has 1 amide bonds. The number of anilines is 1. The van der Waals surface area contributed by atoms with Gasteiger partial charge in [-0.3, -0.25) is 14.9 Å². The molecule has 8 nitrogen and oxygen atoms in total. The lowest BCUT2D eigenvalue weighted by Gasteiger charge is -2.35. The monoisotopic (exact) mass is 308 g/mol. The van der Waals surface area contributed by atoms with Gasteiger partial charge in [-0.1, -0.05) is 0 Å². The molecule has 2 rings (SSSR count). The summed E-state index contributed by atoms with van der Waals surface area (Å²) in [4.78, 5) is 26.9. The van der Waals surface area contributed by atoms with Gasteiger partial charge in [-0.15, -0.1) is 0 Å². The van der Waals surface area contributed by atoms with Gasteiger partial charge in [-0.25, -0.2) is 4.98 Å². The number of nitrogens with zero attached hydrogens (tertiary/aromatic N) is 2. The van der Waals surface area contributed by atoms with E-state index in [1.165, 1.54) is 19.3 Å². The van der Waals surface area contributed by atoms with Crippen LogP contribution in [0.2, 0.25) is 0 Å². The molecule has 0 bridgehead atoms. The SMILES string of the molecule is CNc1nccc(C(=O)NC2CCOC(C)(C)C2)c1[N+](=O)[O-]. The maximum Gasteiger partial charge on any atom is 0.324 e. The van der Waals surface area contributed by atoms with Crippen molar-refractivity contribution in [2.24, 2.45) is 0 Å². The summed E-state index contributed by atoms with van der Waals surface area (Å²) in [6.45, 7) is 4.47. The Balaban J connectivity index is 2.21. The van der Waals surface area contributed by atoms with Gasteiger partial charge in [-0.2, -0.15) is 0 Å². The zero-order chi connectivity index (χ0) is 16.3. The van der Waals surface area contributed by atoms with Gasteiger partial charge in [-0.05, 0) is 32.8 Å². The highest BCUT2D eigenvalue weighted by atomic mass is 16.6. The maximum absolute atomic E-state index is 12.4. The molecule has 2 N–H and O–H groups in total. The van der Waals surface area contributed by atoms with Gasteiger partial charge in [0.25, 0.3) is 5.91 Å². The predicted molar refractivity (Wildman–Crippen MR) is 81.0 cm³/mol. The number of amides is 1. The van der Waals surface area contributed by atoms with Crippen LogP contribution in [-0.2, 0) is 4.74 Å². The van der Waals surface area contributed by atoms with Gasteiger partial charge in [0.05, 0.1) is 10.5 Å². The quantitative estimate of drug-likeness (QED) is 0.648. The molecular weight excluding hydrogens is 288 g/mol. The number of hydrogen-bond acceptors (Lipinski definition) is 6. The average molecular weight is 308 g/mol. The van der Waals surface area contributed by atoms with E-state index >= 15 is 0 Å². The number of aromatic nitrogens is 1. The standard InChI is InChI=1S/C14H20N4O4/c1-14(2)8-9(5-7-22-14)17-13(19)10-4-6-16-12(15-3)11(10)18(20)21/h4,6,9H,5,7-8H2,1-3H3,(H,15,16)(H,17,19). The van der Waals surface area contributed by atoms with E-state index in [0.717, 1.165) is 0 Å². The Morgan fingerprint density at radius 2 is 2.27 bits per heavy atom. The molecule has 1 aromatic rings. The summed E-state index contributed by atoms with van der Waals surface area (Å²) in [5.74, 6) is -0.391. The third-order valence-electron chi connectivity index (χ3n) is 3.62. The Kier molecular flexibility index (Phi) is 4.60. The molecule has 0 aromatic carbocycles. The second-order valence-electron chi connectivity index (χ2n) is 5.83. The van der Waals surface area contributed by atoms with Gasteiger partial charge < -0.3 is 15.4 Å². The van der Waals surface area contributed by atoms with Crippen molar-refractivity contribution in [2.75, 3.05) is 19.0 Å². The fourth-order valence-corrected chi connectivity index (χ4v) is 2.62. The van der Waals surface area contributed by atoms with E-state index in [1.807, 2.05) is 13.8 Å². The van der Waals surface area contributed by atoms with Crippen molar-refractivity contribution in [3.05, 3.63) is 27.9 Å². The summed E-state index contributed by atoms with van der Waals surface area (Å²) in [7, 11) is 1.53. The summed E-state index contributed by atoms with van der Waals surface area (Å²) < 4.78 is 5.60. The Hall–Kier alpha value is -2.22.